The Labute approximate surface area is 189 Å². The van der Waals surface area contributed by atoms with Crippen LogP contribution >= 0.6 is 35.0 Å². The van der Waals surface area contributed by atoms with Crippen LogP contribution in [0.2, 0.25) is 10.0 Å². The van der Waals surface area contributed by atoms with Crippen molar-refractivity contribution in [2.75, 3.05) is 12.3 Å². The van der Waals surface area contributed by atoms with E-state index >= 15 is 0 Å². The number of aliphatic imine (C=N–C) groups is 1. The van der Waals surface area contributed by atoms with Gasteiger partial charge in [-0.15, -0.1) is 0 Å². The molecular formula is C22H19Cl2N3O2S. The lowest BCUT2D eigenvalue weighted by molar-refractivity contribution is -0.126. The highest BCUT2D eigenvalue weighted by Crippen LogP contribution is 2.29. The molecule has 1 aromatic heterocycles. The molecule has 0 radical (unpaired) electrons. The lowest BCUT2D eigenvalue weighted by Gasteiger charge is -2.16. The highest BCUT2D eigenvalue weighted by Gasteiger charge is 2.26. The summed E-state index contributed by atoms with van der Waals surface area (Å²) in [6.07, 6.45) is 2.40. The molecule has 0 spiro atoms. The van der Waals surface area contributed by atoms with Crippen molar-refractivity contribution in [3.05, 3.63) is 70.2 Å². The van der Waals surface area contributed by atoms with Crippen molar-refractivity contribution < 1.29 is 9.21 Å². The van der Waals surface area contributed by atoms with Gasteiger partial charge in [-0.2, -0.15) is 0 Å². The third kappa shape index (κ3) is 4.72. The van der Waals surface area contributed by atoms with Gasteiger partial charge in [0.15, 0.2) is 16.8 Å². The summed E-state index contributed by atoms with van der Waals surface area (Å²) in [4.78, 5) is 23.5. The van der Waals surface area contributed by atoms with Crippen molar-refractivity contribution in [3.8, 4) is 11.3 Å². The monoisotopic (exact) mass is 459 g/mol. The number of amidine groups is 1. The summed E-state index contributed by atoms with van der Waals surface area (Å²) >= 11 is 13.7. The summed E-state index contributed by atoms with van der Waals surface area (Å²) in [6, 6.07) is 13.0. The Morgan fingerprint density at radius 1 is 1.23 bits per heavy atom. The number of thioether (sulfide) groups is 1. The Hall–Kier alpha value is -2.28. The van der Waals surface area contributed by atoms with Crippen LogP contribution in [-0.2, 0) is 11.2 Å². The van der Waals surface area contributed by atoms with E-state index in [2.05, 4.69) is 9.98 Å². The van der Waals surface area contributed by atoms with Crippen LogP contribution in [0.3, 0.4) is 0 Å². The van der Waals surface area contributed by atoms with Gasteiger partial charge in [-0.3, -0.25) is 9.69 Å². The van der Waals surface area contributed by atoms with Gasteiger partial charge in [-0.1, -0.05) is 41.0 Å². The van der Waals surface area contributed by atoms with Gasteiger partial charge in [-0.25, -0.2) is 9.98 Å². The predicted octanol–water partition coefficient (Wildman–Crippen LogP) is 6.15. The number of amides is 1. The summed E-state index contributed by atoms with van der Waals surface area (Å²) in [6.45, 7) is 2.57. The molecule has 0 aliphatic carbocycles. The molecule has 3 aromatic rings. The zero-order chi connectivity index (χ0) is 21.1. The van der Waals surface area contributed by atoms with E-state index in [0.29, 0.717) is 46.3 Å². The van der Waals surface area contributed by atoms with E-state index in [-0.39, 0.29) is 5.91 Å². The maximum atomic E-state index is 12.8. The average molecular weight is 460 g/mol. The number of oxazole rings is 1. The Bertz CT molecular complexity index is 1100. The molecule has 8 heteroatoms. The van der Waals surface area contributed by atoms with Crippen LogP contribution in [0.5, 0.6) is 0 Å². The van der Waals surface area contributed by atoms with E-state index in [1.54, 1.807) is 35.0 Å². The molecule has 4 rings (SSSR count). The van der Waals surface area contributed by atoms with Crippen LogP contribution in [0.4, 0.5) is 5.69 Å². The van der Waals surface area contributed by atoms with Crippen molar-refractivity contribution >= 4 is 51.7 Å². The summed E-state index contributed by atoms with van der Waals surface area (Å²) in [5.74, 6) is 2.02. The molecule has 5 nitrogen and oxygen atoms in total. The Balaban J connectivity index is 1.42. The van der Waals surface area contributed by atoms with Gasteiger partial charge in [-0.05, 0) is 48.9 Å². The lowest BCUT2D eigenvalue weighted by atomic mass is 10.2. The third-order valence-corrected chi connectivity index (χ3v) is 6.39. The first-order valence-corrected chi connectivity index (χ1v) is 11.2. The van der Waals surface area contributed by atoms with Crippen molar-refractivity contribution in [1.29, 1.82) is 0 Å². The highest BCUT2D eigenvalue weighted by molar-refractivity contribution is 8.14. The zero-order valence-electron chi connectivity index (χ0n) is 16.3. The van der Waals surface area contributed by atoms with Gasteiger partial charge in [0.2, 0.25) is 5.91 Å². The fraction of sp³-hybridized carbons (Fsp3) is 0.227. The highest BCUT2D eigenvalue weighted by atomic mass is 35.5. The van der Waals surface area contributed by atoms with Gasteiger partial charge in [0.05, 0.1) is 11.9 Å². The smallest absolute Gasteiger partial charge is 0.229 e. The Morgan fingerprint density at radius 3 is 2.83 bits per heavy atom. The molecule has 1 saturated heterocycles. The molecular weight excluding hydrogens is 441 g/mol. The molecule has 0 bridgehead atoms. The maximum Gasteiger partial charge on any atom is 0.229 e. The minimum Gasteiger partial charge on any atom is -0.441 e. The van der Waals surface area contributed by atoms with Gasteiger partial charge in [0.1, 0.15) is 0 Å². The maximum absolute atomic E-state index is 12.8. The van der Waals surface area contributed by atoms with Crippen LogP contribution in [0, 0.1) is 6.92 Å². The Morgan fingerprint density at radius 2 is 2.03 bits per heavy atom. The quantitative estimate of drug-likeness (QED) is 0.458. The summed E-state index contributed by atoms with van der Waals surface area (Å²) in [5.41, 5.74) is 2.58. The van der Waals surface area contributed by atoms with E-state index in [1.807, 2.05) is 37.3 Å². The van der Waals surface area contributed by atoms with Crippen LogP contribution in [0.15, 0.2) is 58.1 Å². The fourth-order valence-corrected chi connectivity index (χ4v) is 4.33. The minimum atomic E-state index is 0.00433. The number of aryl methyl sites for hydroxylation is 1. The van der Waals surface area contributed by atoms with Gasteiger partial charge >= 0.3 is 0 Å². The van der Waals surface area contributed by atoms with Crippen LogP contribution < -0.4 is 0 Å². The van der Waals surface area contributed by atoms with Gasteiger partial charge in [0, 0.05) is 40.7 Å². The molecule has 0 saturated carbocycles. The standard InChI is InChI=1S/C22H19Cl2N3O2S/c1-14-17(24)3-2-4-18(14)26-22-27(11-12-30-22)21(28)10-9-20-25-13-19(29-20)15-5-7-16(23)8-6-15/h2-8,13H,9-12H2,1H3. The topological polar surface area (TPSA) is 58.7 Å². The zero-order valence-corrected chi connectivity index (χ0v) is 18.6. The van der Waals surface area contributed by atoms with Crippen LogP contribution in [0.25, 0.3) is 11.3 Å². The lowest BCUT2D eigenvalue weighted by Crippen LogP contribution is -2.31. The molecule has 1 fully saturated rings. The normalized spacial score (nSPS) is 15.2. The number of carbonyl (C=O) groups excluding carboxylic acids is 1. The van der Waals surface area contributed by atoms with Gasteiger partial charge in [0.25, 0.3) is 0 Å². The van der Waals surface area contributed by atoms with E-state index < -0.39 is 0 Å². The SMILES string of the molecule is Cc1c(Cl)cccc1N=C1SCCN1C(=O)CCc1ncc(-c2ccc(Cl)cc2)o1. The second-order valence-corrected chi connectivity index (χ2v) is 8.70. The van der Waals surface area contributed by atoms with E-state index in [1.165, 1.54) is 0 Å². The molecule has 0 N–H and O–H groups in total. The number of hydrogen-bond acceptors (Lipinski definition) is 5. The first-order chi connectivity index (χ1) is 14.5. The predicted molar refractivity (Wildman–Crippen MR) is 123 cm³/mol. The van der Waals surface area contributed by atoms with E-state index in [0.717, 1.165) is 22.6 Å². The molecule has 154 valence electrons. The van der Waals surface area contributed by atoms with Crippen molar-refractivity contribution in [2.24, 2.45) is 4.99 Å². The van der Waals surface area contributed by atoms with E-state index in [9.17, 15) is 4.79 Å². The number of carbonyl (C=O) groups is 1. The Kier molecular flexibility index (Phi) is 6.46. The fourth-order valence-electron chi connectivity index (χ4n) is 3.07. The second-order valence-electron chi connectivity index (χ2n) is 6.80. The third-order valence-electron chi connectivity index (χ3n) is 4.77. The molecule has 0 atom stereocenters. The van der Waals surface area contributed by atoms with Crippen molar-refractivity contribution in [3.63, 3.8) is 0 Å². The van der Waals surface area contributed by atoms with Crippen LogP contribution in [-0.4, -0.2) is 33.3 Å². The number of benzene rings is 2. The first kappa shape index (κ1) is 21.0. The number of aromatic nitrogens is 1. The minimum absolute atomic E-state index is 0.00433. The molecule has 30 heavy (non-hydrogen) atoms. The molecule has 2 aromatic carbocycles. The first-order valence-electron chi connectivity index (χ1n) is 9.49. The van der Waals surface area contributed by atoms with Crippen molar-refractivity contribution in [2.45, 2.75) is 19.8 Å². The molecule has 1 aliphatic rings. The number of nitrogens with zero attached hydrogens (tertiary/aromatic N) is 3. The second kappa shape index (κ2) is 9.25. The number of hydrogen-bond donors (Lipinski definition) is 0. The van der Waals surface area contributed by atoms with Gasteiger partial charge < -0.3 is 4.42 Å². The van der Waals surface area contributed by atoms with Crippen molar-refractivity contribution in [1.82, 2.24) is 9.88 Å². The largest absolute Gasteiger partial charge is 0.441 e. The molecule has 0 unspecified atom stereocenters. The number of rotatable bonds is 5. The number of halogens is 2. The summed E-state index contributed by atoms with van der Waals surface area (Å²) < 4.78 is 5.80. The summed E-state index contributed by atoms with van der Waals surface area (Å²) in [7, 11) is 0. The van der Waals surface area contributed by atoms with E-state index in [4.69, 9.17) is 27.6 Å². The molecule has 1 amide bonds. The average Bonchev–Trinajstić information content (AvgIpc) is 3.40. The van der Waals surface area contributed by atoms with Crippen LogP contribution in [0.1, 0.15) is 17.9 Å². The molecule has 1 aliphatic heterocycles. The molecule has 2 heterocycles. The summed E-state index contributed by atoms with van der Waals surface area (Å²) in [5, 5.41) is 2.04.